The molecule has 0 bridgehead atoms. The van der Waals surface area contributed by atoms with E-state index in [0.717, 1.165) is 28.8 Å². The predicted octanol–water partition coefficient (Wildman–Crippen LogP) is 4.79. The molecule has 3 aromatic rings. The first-order valence-corrected chi connectivity index (χ1v) is 7.92. The van der Waals surface area contributed by atoms with E-state index in [0.29, 0.717) is 0 Å². The summed E-state index contributed by atoms with van der Waals surface area (Å²) in [6.07, 6.45) is 0. The van der Waals surface area contributed by atoms with Crippen molar-refractivity contribution in [3.63, 3.8) is 0 Å². The normalized spacial score (nSPS) is 11.8. The molecule has 1 atom stereocenters. The summed E-state index contributed by atoms with van der Waals surface area (Å²) in [7, 11) is 0. The number of amides is 1. The SMILES string of the molecule is Cc1ccc([C@H](NC(=O)c2ccc(F)c(F)c2)c2ccccc2)cc1. The molecule has 0 radical (unpaired) electrons. The maximum absolute atomic E-state index is 13.4. The van der Waals surface area contributed by atoms with Crippen molar-refractivity contribution in [1.82, 2.24) is 5.32 Å². The Kier molecular flexibility index (Phi) is 4.89. The van der Waals surface area contributed by atoms with Crippen LogP contribution >= 0.6 is 0 Å². The number of benzene rings is 3. The van der Waals surface area contributed by atoms with Crippen LogP contribution in [0.1, 0.15) is 33.1 Å². The van der Waals surface area contributed by atoms with E-state index in [4.69, 9.17) is 0 Å². The van der Waals surface area contributed by atoms with E-state index in [1.807, 2.05) is 61.5 Å². The Morgan fingerprint density at radius 3 is 2.12 bits per heavy atom. The van der Waals surface area contributed by atoms with Crippen LogP contribution in [0.25, 0.3) is 0 Å². The van der Waals surface area contributed by atoms with E-state index < -0.39 is 17.5 Å². The van der Waals surface area contributed by atoms with Crippen molar-refractivity contribution < 1.29 is 13.6 Å². The number of halogens is 2. The van der Waals surface area contributed by atoms with Crippen molar-refractivity contribution in [3.8, 4) is 0 Å². The largest absolute Gasteiger partial charge is 0.341 e. The third-order valence-corrected chi connectivity index (χ3v) is 4.00. The molecule has 0 aliphatic heterocycles. The van der Waals surface area contributed by atoms with Crippen LogP contribution in [-0.4, -0.2) is 5.91 Å². The van der Waals surface area contributed by atoms with E-state index in [2.05, 4.69) is 5.32 Å². The molecule has 2 nitrogen and oxygen atoms in total. The molecule has 0 saturated carbocycles. The zero-order valence-electron chi connectivity index (χ0n) is 13.7. The van der Waals surface area contributed by atoms with Gasteiger partial charge >= 0.3 is 0 Å². The van der Waals surface area contributed by atoms with Crippen molar-refractivity contribution in [2.24, 2.45) is 0 Å². The Bertz CT molecular complexity index is 876. The molecule has 0 saturated heterocycles. The summed E-state index contributed by atoms with van der Waals surface area (Å²) in [6, 6.07) is 20.1. The fraction of sp³-hybridized carbons (Fsp3) is 0.0952. The van der Waals surface area contributed by atoms with Crippen molar-refractivity contribution in [3.05, 3.63) is 107 Å². The minimum atomic E-state index is -1.04. The molecule has 4 heteroatoms. The molecule has 126 valence electrons. The van der Waals surface area contributed by atoms with Gasteiger partial charge in [0.05, 0.1) is 6.04 Å². The monoisotopic (exact) mass is 337 g/mol. The van der Waals surface area contributed by atoms with E-state index in [9.17, 15) is 13.6 Å². The minimum Gasteiger partial charge on any atom is -0.341 e. The molecule has 0 aromatic heterocycles. The molecule has 1 N–H and O–H groups in total. The van der Waals surface area contributed by atoms with Crippen LogP contribution in [0.4, 0.5) is 8.78 Å². The van der Waals surface area contributed by atoms with Gasteiger partial charge in [0, 0.05) is 5.56 Å². The number of carbonyl (C=O) groups is 1. The summed E-state index contributed by atoms with van der Waals surface area (Å²) in [5.41, 5.74) is 3.00. The summed E-state index contributed by atoms with van der Waals surface area (Å²) in [4.78, 5) is 12.5. The first-order chi connectivity index (χ1) is 12.0. The average molecular weight is 337 g/mol. The second-order valence-electron chi connectivity index (χ2n) is 5.86. The Morgan fingerprint density at radius 1 is 0.840 bits per heavy atom. The fourth-order valence-corrected chi connectivity index (χ4v) is 2.62. The number of hydrogen-bond donors (Lipinski definition) is 1. The maximum Gasteiger partial charge on any atom is 0.252 e. The van der Waals surface area contributed by atoms with Gasteiger partial charge in [0.25, 0.3) is 5.91 Å². The number of rotatable bonds is 4. The molecule has 3 rings (SSSR count). The molecule has 0 spiro atoms. The quantitative estimate of drug-likeness (QED) is 0.728. The lowest BCUT2D eigenvalue weighted by Crippen LogP contribution is -2.29. The van der Waals surface area contributed by atoms with Crippen LogP contribution in [0.5, 0.6) is 0 Å². The van der Waals surface area contributed by atoms with Gasteiger partial charge in [0.2, 0.25) is 0 Å². The third-order valence-electron chi connectivity index (χ3n) is 4.00. The van der Waals surface area contributed by atoms with Crippen LogP contribution in [0.3, 0.4) is 0 Å². The van der Waals surface area contributed by atoms with Gasteiger partial charge in [-0.1, -0.05) is 60.2 Å². The lowest BCUT2D eigenvalue weighted by atomic mass is 9.97. The highest BCUT2D eigenvalue weighted by molar-refractivity contribution is 5.94. The molecule has 0 heterocycles. The Balaban J connectivity index is 1.93. The first-order valence-electron chi connectivity index (χ1n) is 7.92. The standard InChI is InChI=1S/C21H17F2NO/c1-14-7-9-16(10-8-14)20(15-5-3-2-4-6-15)24-21(25)17-11-12-18(22)19(23)13-17/h2-13,20H,1H3,(H,24,25)/t20-/m1/s1. The second-order valence-corrected chi connectivity index (χ2v) is 5.86. The van der Waals surface area contributed by atoms with Crippen LogP contribution < -0.4 is 5.32 Å². The Hall–Kier alpha value is -3.01. The van der Waals surface area contributed by atoms with Crippen LogP contribution in [0.2, 0.25) is 0 Å². The van der Waals surface area contributed by atoms with E-state index in [-0.39, 0.29) is 11.6 Å². The van der Waals surface area contributed by atoms with Gasteiger partial charge in [-0.25, -0.2) is 8.78 Å². The van der Waals surface area contributed by atoms with Gasteiger partial charge in [-0.3, -0.25) is 4.79 Å². The maximum atomic E-state index is 13.4. The third kappa shape index (κ3) is 3.91. The predicted molar refractivity (Wildman–Crippen MR) is 93.3 cm³/mol. The second kappa shape index (κ2) is 7.26. The fourth-order valence-electron chi connectivity index (χ4n) is 2.62. The van der Waals surface area contributed by atoms with Gasteiger partial charge < -0.3 is 5.32 Å². The molecule has 1 amide bonds. The lowest BCUT2D eigenvalue weighted by molar-refractivity contribution is 0.0942. The first kappa shape index (κ1) is 16.8. The molecule has 0 aliphatic carbocycles. The average Bonchev–Trinajstić information content (AvgIpc) is 2.63. The van der Waals surface area contributed by atoms with E-state index >= 15 is 0 Å². The molecular formula is C21H17F2NO. The zero-order valence-corrected chi connectivity index (χ0v) is 13.7. The van der Waals surface area contributed by atoms with E-state index in [1.165, 1.54) is 6.07 Å². The van der Waals surface area contributed by atoms with Crippen LogP contribution in [-0.2, 0) is 0 Å². The van der Waals surface area contributed by atoms with Crippen LogP contribution in [0, 0.1) is 18.6 Å². The van der Waals surface area contributed by atoms with Crippen molar-refractivity contribution in [2.75, 3.05) is 0 Å². The molecule has 0 aliphatic rings. The smallest absolute Gasteiger partial charge is 0.252 e. The highest BCUT2D eigenvalue weighted by atomic mass is 19.2. The Morgan fingerprint density at radius 2 is 1.48 bits per heavy atom. The lowest BCUT2D eigenvalue weighted by Gasteiger charge is -2.20. The summed E-state index contributed by atoms with van der Waals surface area (Å²) in [5, 5.41) is 2.90. The number of aryl methyl sites for hydroxylation is 1. The summed E-state index contributed by atoms with van der Waals surface area (Å²) in [5.74, 6) is -2.48. The zero-order chi connectivity index (χ0) is 17.8. The van der Waals surface area contributed by atoms with E-state index in [1.54, 1.807) is 0 Å². The topological polar surface area (TPSA) is 29.1 Å². The molecule has 0 unspecified atom stereocenters. The van der Waals surface area contributed by atoms with Gasteiger partial charge in [-0.2, -0.15) is 0 Å². The highest BCUT2D eigenvalue weighted by Crippen LogP contribution is 2.23. The van der Waals surface area contributed by atoms with Crippen molar-refractivity contribution >= 4 is 5.91 Å². The van der Waals surface area contributed by atoms with Crippen molar-refractivity contribution in [2.45, 2.75) is 13.0 Å². The Labute approximate surface area is 145 Å². The summed E-state index contributed by atoms with van der Waals surface area (Å²) < 4.78 is 26.5. The summed E-state index contributed by atoms with van der Waals surface area (Å²) in [6.45, 7) is 1.99. The minimum absolute atomic E-state index is 0.0759. The van der Waals surface area contributed by atoms with Gasteiger partial charge in [0.15, 0.2) is 11.6 Å². The molecule has 25 heavy (non-hydrogen) atoms. The number of nitrogens with one attached hydrogen (secondary N) is 1. The van der Waals surface area contributed by atoms with Gasteiger partial charge in [0.1, 0.15) is 0 Å². The summed E-state index contributed by atoms with van der Waals surface area (Å²) >= 11 is 0. The molecule has 3 aromatic carbocycles. The molecular weight excluding hydrogens is 320 g/mol. The molecule has 0 fully saturated rings. The van der Waals surface area contributed by atoms with Crippen molar-refractivity contribution in [1.29, 1.82) is 0 Å². The number of hydrogen-bond acceptors (Lipinski definition) is 1. The van der Waals surface area contributed by atoms with Crippen LogP contribution in [0.15, 0.2) is 72.8 Å². The number of carbonyl (C=O) groups excluding carboxylic acids is 1. The highest BCUT2D eigenvalue weighted by Gasteiger charge is 2.18. The van der Waals surface area contributed by atoms with Gasteiger partial charge in [-0.15, -0.1) is 0 Å². The van der Waals surface area contributed by atoms with Gasteiger partial charge in [-0.05, 0) is 36.2 Å².